The van der Waals surface area contributed by atoms with E-state index in [2.05, 4.69) is 15.3 Å². The van der Waals surface area contributed by atoms with E-state index in [-0.39, 0.29) is 17.9 Å². The minimum Gasteiger partial charge on any atom is -0.440 e. The number of fused-ring (bicyclic) bond motifs is 1. The standard InChI is InChI=1S/C21H23N3O2/c1-12(2)21-23-16-11-15(8-9-17(16)26-21)20(25)24-19(14-6-7-14)18-13(3)5-4-10-22-18/h4-5,8-12,14,19H,6-7H2,1-3H3,(H,24,25)/t19-/m1/s1. The molecule has 1 saturated carbocycles. The quantitative estimate of drug-likeness (QED) is 0.734. The van der Waals surface area contributed by atoms with Crippen LogP contribution in [-0.2, 0) is 0 Å². The summed E-state index contributed by atoms with van der Waals surface area (Å²) in [5, 5.41) is 3.19. The zero-order valence-electron chi connectivity index (χ0n) is 15.3. The second-order valence-corrected chi connectivity index (χ2v) is 7.38. The third-order valence-corrected chi connectivity index (χ3v) is 4.88. The van der Waals surface area contributed by atoms with Crippen molar-refractivity contribution >= 4 is 17.0 Å². The van der Waals surface area contributed by atoms with Crippen molar-refractivity contribution in [2.75, 3.05) is 0 Å². The molecule has 4 rings (SSSR count). The number of nitrogens with zero attached hydrogens (tertiary/aromatic N) is 2. The van der Waals surface area contributed by atoms with E-state index in [0.29, 0.717) is 23.0 Å². The fourth-order valence-corrected chi connectivity index (χ4v) is 3.22. The summed E-state index contributed by atoms with van der Waals surface area (Å²) in [6.07, 6.45) is 4.04. The van der Waals surface area contributed by atoms with Crippen LogP contribution in [0.25, 0.3) is 11.1 Å². The molecule has 0 radical (unpaired) electrons. The van der Waals surface area contributed by atoms with Gasteiger partial charge in [0, 0.05) is 17.7 Å². The molecular weight excluding hydrogens is 326 g/mol. The maximum atomic E-state index is 12.9. The number of aromatic nitrogens is 2. The molecule has 0 saturated heterocycles. The monoisotopic (exact) mass is 349 g/mol. The van der Waals surface area contributed by atoms with Gasteiger partial charge in [-0.05, 0) is 55.5 Å². The lowest BCUT2D eigenvalue weighted by molar-refractivity contribution is 0.0930. The van der Waals surface area contributed by atoms with Crippen molar-refractivity contribution in [3.63, 3.8) is 0 Å². The number of benzene rings is 1. The first-order valence-corrected chi connectivity index (χ1v) is 9.16. The Labute approximate surface area is 152 Å². The minimum absolute atomic E-state index is 0.0390. The molecule has 0 bridgehead atoms. The number of rotatable bonds is 5. The van der Waals surface area contributed by atoms with Crippen molar-refractivity contribution in [2.45, 2.75) is 45.6 Å². The van der Waals surface area contributed by atoms with E-state index in [0.717, 1.165) is 29.6 Å². The summed E-state index contributed by atoms with van der Waals surface area (Å²) in [5.74, 6) is 1.28. The first-order valence-electron chi connectivity index (χ1n) is 9.16. The van der Waals surface area contributed by atoms with Gasteiger partial charge in [0.05, 0.1) is 11.7 Å². The number of aryl methyl sites for hydroxylation is 1. The molecule has 1 fully saturated rings. The van der Waals surface area contributed by atoms with Crippen LogP contribution in [0.5, 0.6) is 0 Å². The molecule has 5 heteroatoms. The van der Waals surface area contributed by atoms with E-state index in [1.54, 1.807) is 18.3 Å². The molecule has 1 aliphatic rings. The Balaban J connectivity index is 1.60. The van der Waals surface area contributed by atoms with E-state index < -0.39 is 0 Å². The van der Waals surface area contributed by atoms with E-state index in [9.17, 15) is 4.79 Å². The summed E-state index contributed by atoms with van der Waals surface area (Å²) in [6, 6.07) is 9.34. The first kappa shape index (κ1) is 16.8. The van der Waals surface area contributed by atoms with Crippen LogP contribution in [0.4, 0.5) is 0 Å². The highest BCUT2D eigenvalue weighted by Gasteiger charge is 2.35. The first-order chi connectivity index (χ1) is 12.5. The van der Waals surface area contributed by atoms with Crippen LogP contribution in [0.3, 0.4) is 0 Å². The summed E-state index contributed by atoms with van der Waals surface area (Å²) in [4.78, 5) is 21.9. The highest BCUT2D eigenvalue weighted by molar-refractivity contribution is 5.97. The smallest absolute Gasteiger partial charge is 0.251 e. The Bertz CT molecular complexity index is 957. The normalized spacial score (nSPS) is 15.4. The molecule has 0 unspecified atom stereocenters. The lowest BCUT2D eigenvalue weighted by Gasteiger charge is -2.19. The van der Waals surface area contributed by atoms with E-state index in [4.69, 9.17) is 4.42 Å². The molecule has 0 aliphatic heterocycles. The number of oxazole rings is 1. The van der Waals surface area contributed by atoms with Gasteiger partial charge in [-0.15, -0.1) is 0 Å². The molecule has 1 amide bonds. The van der Waals surface area contributed by atoms with Crippen molar-refractivity contribution in [1.29, 1.82) is 0 Å². The molecule has 2 aromatic heterocycles. The molecule has 1 atom stereocenters. The molecule has 1 aromatic carbocycles. The van der Waals surface area contributed by atoms with Crippen LogP contribution in [0.1, 0.15) is 66.2 Å². The largest absolute Gasteiger partial charge is 0.440 e. The SMILES string of the molecule is Cc1cccnc1[C@H](NC(=O)c1ccc2oc(C(C)C)nc2c1)C1CC1. The molecule has 1 aliphatic carbocycles. The zero-order chi connectivity index (χ0) is 18.3. The van der Waals surface area contributed by atoms with Gasteiger partial charge in [-0.25, -0.2) is 4.98 Å². The fraction of sp³-hybridized carbons (Fsp3) is 0.381. The van der Waals surface area contributed by atoms with Gasteiger partial charge < -0.3 is 9.73 Å². The topological polar surface area (TPSA) is 68.0 Å². The molecule has 1 N–H and O–H groups in total. The molecule has 0 spiro atoms. The third-order valence-electron chi connectivity index (χ3n) is 4.88. The predicted octanol–water partition coefficient (Wildman–Crippen LogP) is 4.54. The number of hydrogen-bond donors (Lipinski definition) is 1. The lowest BCUT2D eigenvalue weighted by atomic mass is 10.0. The van der Waals surface area contributed by atoms with Gasteiger partial charge in [-0.2, -0.15) is 0 Å². The van der Waals surface area contributed by atoms with Crippen molar-refractivity contribution in [2.24, 2.45) is 5.92 Å². The van der Waals surface area contributed by atoms with Gasteiger partial charge in [0.25, 0.3) is 5.91 Å². The van der Waals surface area contributed by atoms with E-state index in [1.165, 1.54) is 0 Å². The van der Waals surface area contributed by atoms with Crippen molar-refractivity contribution in [1.82, 2.24) is 15.3 Å². The van der Waals surface area contributed by atoms with Gasteiger partial charge in [0.2, 0.25) is 0 Å². The van der Waals surface area contributed by atoms with Gasteiger partial charge in [0.1, 0.15) is 5.52 Å². The molecular formula is C21H23N3O2. The van der Waals surface area contributed by atoms with Crippen molar-refractivity contribution in [3.05, 3.63) is 59.2 Å². The maximum Gasteiger partial charge on any atom is 0.251 e. The molecule has 3 aromatic rings. The Hall–Kier alpha value is -2.69. The van der Waals surface area contributed by atoms with Crippen LogP contribution in [0.2, 0.25) is 0 Å². The van der Waals surface area contributed by atoms with E-state index >= 15 is 0 Å². The van der Waals surface area contributed by atoms with E-state index in [1.807, 2.05) is 39.0 Å². The highest BCUT2D eigenvalue weighted by Crippen LogP contribution is 2.41. The summed E-state index contributed by atoms with van der Waals surface area (Å²) in [6.45, 7) is 6.11. The number of amides is 1. The Morgan fingerprint density at radius 1 is 1.27 bits per heavy atom. The third kappa shape index (κ3) is 3.21. The lowest BCUT2D eigenvalue weighted by Crippen LogP contribution is -2.31. The Morgan fingerprint density at radius 3 is 2.77 bits per heavy atom. The number of pyridine rings is 1. The number of carbonyl (C=O) groups excluding carboxylic acids is 1. The summed E-state index contributed by atoms with van der Waals surface area (Å²) in [7, 11) is 0. The number of carbonyl (C=O) groups is 1. The van der Waals surface area contributed by atoms with Crippen LogP contribution in [0, 0.1) is 12.8 Å². The van der Waals surface area contributed by atoms with Gasteiger partial charge >= 0.3 is 0 Å². The summed E-state index contributed by atoms with van der Waals surface area (Å²) in [5.41, 5.74) is 4.11. The average Bonchev–Trinajstić information content (AvgIpc) is 3.37. The summed E-state index contributed by atoms with van der Waals surface area (Å²) < 4.78 is 5.73. The van der Waals surface area contributed by atoms with Crippen LogP contribution >= 0.6 is 0 Å². The maximum absolute atomic E-state index is 12.9. The Kier molecular flexibility index (Phi) is 4.23. The van der Waals surface area contributed by atoms with Gasteiger partial charge in [-0.3, -0.25) is 9.78 Å². The van der Waals surface area contributed by atoms with Gasteiger partial charge in [0.15, 0.2) is 11.5 Å². The highest BCUT2D eigenvalue weighted by atomic mass is 16.3. The van der Waals surface area contributed by atoms with Crippen molar-refractivity contribution < 1.29 is 9.21 Å². The predicted molar refractivity (Wildman–Crippen MR) is 100 cm³/mol. The van der Waals surface area contributed by atoms with Crippen molar-refractivity contribution in [3.8, 4) is 0 Å². The minimum atomic E-state index is -0.0945. The fourth-order valence-electron chi connectivity index (χ4n) is 3.22. The van der Waals surface area contributed by atoms with Crippen LogP contribution in [-0.4, -0.2) is 15.9 Å². The number of nitrogens with one attached hydrogen (secondary N) is 1. The second-order valence-electron chi connectivity index (χ2n) is 7.38. The van der Waals surface area contributed by atoms with Crippen LogP contribution < -0.4 is 5.32 Å². The number of hydrogen-bond acceptors (Lipinski definition) is 4. The molecule has 26 heavy (non-hydrogen) atoms. The molecule has 5 nitrogen and oxygen atoms in total. The average molecular weight is 349 g/mol. The zero-order valence-corrected chi connectivity index (χ0v) is 15.3. The summed E-state index contributed by atoms with van der Waals surface area (Å²) >= 11 is 0. The second kappa shape index (κ2) is 6.56. The van der Waals surface area contributed by atoms with Gasteiger partial charge in [-0.1, -0.05) is 19.9 Å². The Morgan fingerprint density at radius 2 is 2.08 bits per heavy atom. The molecule has 2 heterocycles. The van der Waals surface area contributed by atoms with Crippen LogP contribution in [0.15, 0.2) is 40.9 Å². The molecule has 134 valence electrons.